The van der Waals surface area contributed by atoms with Gasteiger partial charge in [0.2, 0.25) is 0 Å². The molecule has 2 aliphatic rings. The van der Waals surface area contributed by atoms with Crippen molar-refractivity contribution in [2.75, 3.05) is 11.6 Å². The standard InChI is InChI=1S/C52H52N6O4/c1-6-44-33-31-39-35-40(49(59)61-7-2)32-34-47(39)56(44)53-36-37-27-29-38(30-28-37)45-25-17-18-26-46(45)48-57(50(60)62-51(3,4)5)54-55-58(48)52(41-19-11-8-12-20-41,42-21-13-9-14-22-42)43-23-15-10-16-24-43/h8-35,44,48,53H,6-7,36H2,1-5H3. The summed E-state index contributed by atoms with van der Waals surface area (Å²) < 4.78 is 11.3. The maximum absolute atomic E-state index is 14.3. The van der Waals surface area contributed by atoms with Gasteiger partial charge in [0.15, 0.2) is 6.17 Å². The molecule has 1 N–H and O–H groups in total. The van der Waals surface area contributed by atoms with Gasteiger partial charge >= 0.3 is 12.1 Å². The summed E-state index contributed by atoms with van der Waals surface area (Å²) in [5.41, 5.74) is 11.0. The zero-order chi connectivity index (χ0) is 43.3. The minimum atomic E-state index is -1.03. The van der Waals surface area contributed by atoms with Crippen LogP contribution in [0, 0.1) is 0 Å². The fourth-order valence-corrected chi connectivity index (χ4v) is 8.39. The molecule has 0 spiro atoms. The van der Waals surface area contributed by atoms with Gasteiger partial charge in [-0.1, -0.05) is 159 Å². The molecule has 2 aliphatic heterocycles. The first-order chi connectivity index (χ1) is 30.1. The molecule has 1 amide bonds. The minimum absolute atomic E-state index is 0.134. The van der Waals surface area contributed by atoms with Gasteiger partial charge in [0.25, 0.3) is 0 Å². The van der Waals surface area contributed by atoms with Crippen molar-refractivity contribution >= 4 is 23.8 Å². The molecule has 0 radical (unpaired) electrons. The van der Waals surface area contributed by atoms with Crippen molar-refractivity contribution in [2.45, 2.75) is 70.9 Å². The highest BCUT2D eigenvalue weighted by atomic mass is 16.6. The van der Waals surface area contributed by atoms with E-state index in [1.807, 2.05) is 124 Å². The third-order valence-corrected chi connectivity index (χ3v) is 11.2. The molecule has 10 heteroatoms. The Kier molecular flexibility index (Phi) is 12.0. The van der Waals surface area contributed by atoms with Crippen LogP contribution < -0.4 is 10.4 Å². The summed E-state index contributed by atoms with van der Waals surface area (Å²) >= 11 is 0. The van der Waals surface area contributed by atoms with Crippen LogP contribution in [0.15, 0.2) is 174 Å². The van der Waals surface area contributed by atoms with E-state index in [-0.39, 0.29) is 12.0 Å². The summed E-state index contributed by atoms with van der Waals surface area (Å²) in [4.78, 5) is 26.8. The SMILES string of the molecule is CCOC(=O)c1ccc2c(c1)C=CC(CC)N2NCc1ccc(-c2ccccc2C2N(C(=O)OC(C)(C)C)N=NN2C(c2ccccc2)(c2ccccc2)c2ccccc2)cc1. The Labute approximate surface area is 364 Å². The smallest absolute Gasteiger partial charge is 0.434 e. The van der Waals surface area contributed by atoms with E-state index < -0.39 is 23.4 Å². The molecule has 8 rings (SSSR count). The normalized spacial score (nSPS) is 16.0. The van der Waals surface area contributed by atoms with Crippen LogP contribution in [0.4, 0.5) is 10.5 Å². The second-order valence-electron chi connectivity index (χ2n) is 16.3. The van der Waals surface area contributed by atoms with Gasteiger partial charge in [-0.05, 0) is 102 Å². The molecule has 2 atom stereocenters. The summed E-state index contributed by atoms with van der Waals surface area (Å²) in [6.45, 7) is 10.4. The van der Waals surface area contributed by atoms with E-state index in [9.17, 15) is 9.59 Å². The molecular formula is C52H52N6O4. The van der Waals surface area contributed by atoms with Crippen LogP contribution in [-0.4, -0.2) is 40.3 Å². The molecular weight excluding hydrogens is 773 g/mol. The van der Waals surface area contributed by atoms with E-state index in [2.05, 4.69) is 101 Å². The van der Waals surface area contributed by atoms with Gasteiger partial charge in [0, 0.05) is 12.1 Å². The second-order valence-corrected chi connectivity index (χ2v) is 16.3. The molecule has 314 valence electrons. The maximum atomic E-state index is 14.3. The van der Waals surface area contributed by atoms with Crippen molar-refractivity contribution in [3.63, 3.8) is 0 Å². The zero-order valence-corrected chi connectivity index (χ0v) is 35.8. The summed E-state index contributed by atoms with van der Waals surface area (Å²) in [5, 5.41) is 15.1. The van der Waals surface area contributed by atoms with Crippen LogP contribution in [0.1, 0.15) is 90.9 Å². The molecule has 2 unspecified atom stereocenters. The Bertz CT molecular complexity index is 2460. The molecule has 10 nitrogen and oxygen atoms in total. The zero-order valence-electron chi connectivity index (χ0n) is 35.8. The van der Waals surface area contributed by atoms with Crippen LogP contribution >= 0.6 is 0 Å². The number of carbonyl (C=O) groups excluding carboxylic acids is 2. The predicted molar refractivity (Wildman–Crippen MR) is 243 cm³/mol. The number of hydrogen-bond donors (Lipinski definition) is 1. The van der Waals surface area contributed by atoms with E-state index >= 15 is 0 Å². The number of ether oxygens (including phenoxy) is 2. The third-order valence-electron chi connectivity index (χ3n) is 11.2. The summed E-state index contributed by atoms with van der Waals surface area (Å²) in [6.07, 6.45) is 3.71. The molecule has 0 aromatic heterocycles. The number of hydrogen-bond acceptors (Lipinski definition) is 9. The number of nitrogens with zero attached hydrogens (tertiary/aromatic N) is 5. The van der Waals surface area contributed by atoms with E-state index in [0.717, 1.165) is 56.6 Å². The van der Waals surface area contributed by atoms with Gasteiger partial charge in [-0.3, -0.25) is 0 Å². The lowest BCUT2D eigenvalue weighted by atomic mass is 9.75. The number of rotatable bonds is 12. The topological polar surface area (TPSA) is 99.1 Å². The van der Waals surface area contributed by atoms with Crippen molar-refractivity contribution in [1.29, 1.82) is 0 Å². The summed E-state index contributed by atoms with van der Waals surface area (Å²) in [7, 11) is 0. The molecule has 6 aromatic rings. The van der Waals surface area contributed by atoms with Gasteiger partial charge in [0.05, 0.1) is 23.9 Å². The predicted octanol–water partition coefficient (Wildman–Crippen LogP) is 11.7. The molecule has 0 aliphatic carbocycles. The largest absolute Gasteiger partial charge is 0.462 e. The first kappa shape index (κ1) is 41.7. The lowest BCUT2D eigenvalue weighted by Crippen LogP contribution is -2.49. The number of benzene rings is 6. The lowest BCUT2D eigenvalue weighted by molar-refractivity contribution is -0.00518. The molecule has 2 heterocycles. The molecule has 0 fully saturated rings. The summed E-state index contributed by atoms with van der Waals surface area (Å²) in [6, 6.07) is 53.2. The first-order valence-corrected chi connectivity index (χ1v) is 21.2. The van der Waals surface area contributed by atoms with Gasteiger partial charge in [-0.2, -0.15) is 0 Å². The van der Waals surface area contributed by atoms with Gasteiger partial charge in [-0.25, -0.2) is 20.0 Å². The quantitative estimate of drug-likeness (QED) is 0.0969. The number of amides is 1. The van der Waals surface area contributed by atoms with Crippen LogP contribution in [0.3, 0.4) is 0 Å². The van der Waals surface area contributed by atoms with Crippen molar-refractivity contribution in [3.8, 4) is 11.1 Å². The van der Waals surface area contributed by atoms with E-state index in [1.54, 1.807) is 0 Å². The first-order valence-electron chi connectivity index (χ1n) is 21.2. The Morgan fingerprint density at radius 1 is 0.710 bits per heavy atom. The number of nitrogens with one attached hydrogen (secondary N) is 1. The Balaban J connectivity index is 1.17. The van der Waals surface area contributed by atoms with E-state index in [4.69, 9.17) is 14.7 Å². The fourth-order valence-electron chi connectivity index (χ4n) is 8.39. The van der Waals surface area contributed by atoms with Crippen LogP contribution in [0.25, 0.3) is 17.2 Å². The average Bonchev–Trinajstić information content (AvgIpc) is 3.74. The number of esters is 1. The highest BCUT2D eigenvalue weighted by Crippen LogP contribution is 2.51. The highest BCUT2D eigenvalue weighted by Gasteiger charge is 2.52. The second kappa shape index (κ2) is 17.9. The molecule has 62 heavy (non-hydrogen) atoms. The minimum Gasteiger partial charge on any atom is -0.462 e. The fraction of sp³-hybridized carbons (Fsp3) is 0.231. The van der Waals surface area contributed by atoms with Crippen molar-refractivity contribution < 1.29 is 19.1 Å². The van der Waals surface area contributed by atoms with E-state index in [0.29, 0.717) is 18.7 Å². The van der Waals surface area contributed by atoms with Gasteiger partial charge in [0.1, 0.15) is 11.1 Å². The monoisotopic (exact) mass is 824 g/mol. The van der Waals surface area contributed by atoms with Crippen LogP contribution in [-0.2, 0) is 21.6 Å². The molecule has 0 bridgehead atoms. The van der Waals surface area contributed by atoms with Gasteiger partial charge in [-0.15, -0.1) is 5.01 Å². The molecule has 0 saturated carbocycles. The number of anilines is 1. The Morgan fingerprint density at radius 3 is 1.89 bits per heavy atom. The summed E-state index contributed by atoms with van der Waals surface area (Å²) in [5.74, 6) is -0.327. The average molecular weight is 825 g/mol. The van der Waals surface area contributed by atoms with Crippen molar-refractivity contribution in [1.82, 2.24) is 15.4 Å². The Hall–Kier alpha value is -7.04. The van der Waals surface area contributed by atoms with Gasteiger partial charge < -0.3 is 14.5 Å². The lowest BCUT2D eigenvalue weighted by Gasteiger charge is -2.45. The third kappa shape index (κ3) is 8.21. The highest BCUT2D eigenvalue weighted by molar-refractivity contribution is 5.91. The number of hydrazine groups is 1. The van der Waals surface area contributed by atoms with E-state index in [1.165, 1.54) is 5.01 Å². The van der Waals surface area contributed by atoms with Crippen molar-refractivity contribution in [2.24, 2.45) is 10.4 Å². The molecule has 6 aromatic carbocycles. The Morgan fingerprint density at radius 2 is 1.31 bits per heavy atom. The molecule has 0 saturated heterocycles. The maximum Gasteiger partial charge on any atom is 0.434 e. The van der Waals surface area contributed by atoms with Crippen molar-refractivity contribution in [3.05, 3.63) is 203 Å². The number of carbonyl (C=O) groups is 2. The van der Waals surface area contributed by atoms with Crippen LogP contribution in [0.2, 0.25) is 0 Å². The number of fused-ring (bicyclic) bond motifs is 1. The van der Waals surface area contributed by atoms with Crippen LogP contribution in [0.5, 0.6) is 0 Å².